The number of rotatable bonds is 6. The molecule has 0 saturated heterocycles. The fourth-order valence-corrected chi connectivity index (χ4v) is 2.28. The third-order valence-electron chi connectivity index (χ3n) is 3.54. The fraction of sp³-hybridized carbons (Fsp3) is 0.263. The van der Waals surface area contributed by atoms with Gasteiger partial charge in [0.05, 0.1) is 6.54 Å². The Bertz CT molecular complexity index is 747. The van der Waals surface area contributed by atoms with Gasteiger partial charge in [-0.15, -0.1) is 0 Å². The van der Waals surface area contributed by atoms with Crippen LogP contribution in [0.5, 0.6) is 5.75 Å². The smallest absolute Gasteiger partial charge is 0.263 e. The molecule has 0 saturated carbocycles. The van der Waals surface area contributed by atoms with Crippen molar-refractivity contribution in [2.75, 3.05) is 18.9 Å². The first-order valence-corrected chi connectivity index (χ1v) is 7.89. The molecule has 0 fully saturated rings. The number of hydrogen-bond acceptors (Lipinski definition) is 3. The largest absolute Gasteiger partial charge is 0.481 e. The van der Waals surface area contributed by atoms with Gasteiger partial charge < -0.3 is 15.0 Å². The summed E-state index contributed by atoms with van der Waals surface area (Å²) in [5, 5.41) is 2.61. The molecule has 2 rings (SSSR count). The number of amides is 2. The van der Waals surface area contributed by atoms with Gasteiger partial charge in [-0.05, 0) is 55.8 Å². The molecule has 2 amide bonds. The molecule has 0 heterocycles. The molecule has 0 aliphatic carbocycles. The maximum atomic E-state index is 12.9. The Morgan fingerprint density at radius 3 is 2.52 bits per heavy atom. The summed E-state index contributed by atoms with van der Waals surface area (Å²) < 4.78 is 18.5. The Hall–Kier alpha value is -2.89. The van der Waals surface area contributed by atoms with Crippen LogP contribution in [0.1, 0.15) is 12.5 Å². The number of likely N-dealkylation sites (N-methyl/N-ethyl adjacent to an activating group) is 1. The molecule has 0 spiro atoms. The van der Waals surface area contributed by atoms with E-state index in [4.69, 9.17) is 4.74 Å². The lowest BCUT2D eigenvalue weighted by molar-refractivity contribution is -0.139. The first-order chi connectivity index (χ1) is 11.8. The number of nitrogens with one attached hydrogen (secondary N) is 1. The number of benzene rings is 2. The van der Waals surface area contributed by atoms with E-state index in [0.29, 0.717) is 11.4 Å². The van der Waals surface area contributed by atoms with Gasteiger partial charge in [-0.2, -0.15) is 0 Å². The van der Waals surface area contributed by atoms with E-state index >= 15 is 0 Å². The minimum Gasteiger partial charge on any atom is -0.481 e. The Morgan fingerprint density at radius 1 is 1.20 bits per heavy atom. The van der Waals surface area contributed by atoms with Gasteiger partial charge >= 0.3 is 0 Å². The fourth-order valence-electron chi connectivity index (χ4n) is 2.28. The summed E-state index contributed by atoms with van der Waals surface area (Å²) in [4.78, 5) is 25.6. The van der Waals surface area contributed by atoms with Gasteiger partial charge in [-0.1, -0.05) is 12.1 Å². The molecule has 1 N–H and O–H groups in total. The summed E-state index contributed by atoms with van der Waals surface area (Å²) >= 11 is 0. The lowest BCUT2D eigenvalue weighted by Crippen LogP contribution is -2.42. The van der Waals surface area contributed by atoms with E-state index in [0.717, 1.165) is 5.56 Å². The van der Waals surface area contributed by atoms with Crippen molar-refractivity contribution in [3.05, 3.63) is 59.9 Å². The molecule has 0 unspecified atom stereocenters. The van der Waals surface area contributed by atoms with Gasteiger partial charge in [0.15, 0.2) is 6.10 Å². The van der Waals surface area contributed by atoms with E-state index in [1.165, 1.54) is 36.2 Å². The van der Waals surface area contributed by atoms with Crippen LogP contribution < -0.4 is 10.1 Å². The second-order valence-electron chi connectivity index (χ2n) is 5.83. The third-order valence-corrected chi connectivity index (χ3v) is 3.54. The third kappa shape index (κ3) is 5.60. The summed E-state index contributed by atoms with van der Waals surface area (Å²) in [6.07, 6.45) is -0.717. The number of ether oxygens (including phenoxy) is 1. The van der Waals surface area contributed by atoms with Gasteiger partial charge in [0.2, 0.25) is 5.91 Å². The van der Waals surface area contributed by atoms with Crippen molar-refractivity contribution < 1.29 is 18.7 Å². The highest BCUT2D eigenvalue weighted by Gasteiger charge is 2.21. The van der Waals surface area contributed by atoms with Gasteiger partial charge in [0, 0.05) is 12.7 Å². The molecule has 0 aliphatic rings. The number of carbonyl (C=O) groups is 2. The Labute approximate surface area is 146 Å². The van der Waals surface area contributed by atoms with Crippen molar-refractivity contribution in [3.63, 3.8) is 0 Å². The van der Waals surface area contributed by atoms with Crippen molar-refractivity contribution in [2.45, 2.75) is 20.0 Å². The van der Waals surface area contributed by atoms with E-state index in [2.05, 4.69) is 5.32 Å². The molecule has 5 nitrogen and oxygen atoms in total. The topological polar surface area (TPSA) is 58.6 Å². The number of hydrogen-bond donors (Lipinski definition) is 1. The second kappa shape index (κ2) is 8.28. The van der Waals surface area contributed by atoms with Crippen LogP contribution in [0.4, 0.5) is 10.1 Å². The SMILES string of the molecule is Cc1cccc(O[C@H](C)C(=O)N(C)CC(=O)Nc2ccc(F)cc2)c1. The van der Waals surface area contributed by atoms with Gasteiger partial charge in [-0.3, -0.25) is 9.59 Å². The molecule has 0 aromatic heterocycles. The summed E-state index contributed by atoms with van der Waals surface area (Å²) in [6, 6.07) is 12.8. The van der Waals surface area contributed by atoms with Gasteiger partial charge in [-0.25, -0.2) is 4.39 Å². The number of halogens is 1. The van der Waals surface area contributed by atoms with Crippen molar-refractivity contribution in [3.8, 4) is 5.75 Å². The first kappa shape index (κ1) is 18.4. The molecule has 1 atom stereocenters. The average Bonchev–Trinajstić information content (AvgIpc) is 2.56. The first-order valence-electron chi connectivity index (χ1n) is 7.89. The minimum absolute atomic E-state index is 0.127. The van der Waals surface area contributed by atoms with Crippen molar-refractivity contribution in [2.24, 2.45) is 0 Å². The normalized spacial score (nSPS) is 11.5. The van der Waals surface area contributed by atoms with Crippen LogP contribution in [-0.2, 0) is 9.59 Å². The highest BCUT2D eigenvalue weighted by molar-refractivity contribution is 5.95. The molecule has 6 heteroatoms. The second-order valence-corrected chi connectivity index (χ2v) is 5.83. The quantitative estimate of drug-likeness (QED) is 0.876. The number of anilines is 1. The molecular formula is C19H21FN2O3. The van der Waals surface area contributed by atoms with E-state index in [-0.39, 0.29) is 24.2 Å². The molecule has 132 valence electrons. The van der Waals surface area contributed by atoms with E-state index in [1.807, 2.05) is 25.1 Å². The highest BCUT2D eigenvalue weighted by atomic mass is 19.1. The molecule has 0 bridgehead atoms. The Kier molecular flexibility index (Phi) is 6.11. The van der Waals surface area contributed by atoms with Crippen LogP contribution in [0.25, 0.3) is 0 Å². The van der Waals surface area contributed by atoms with Crippen LogP contribution in [-0.4, -0.2) is 36.4 Å². The minimum atomic E-state index is -0.717. The number of aryl methyl sites for hydroxylation is 1. The predicted molar refractivity (Wildman–Crippen MR) is 93.9 cm³/mol. The standard InChI is InChI=1S/C19H21FN2O3/c1-13-5-4-6-17(11-13)25-14(2)19(24)22(3)12-18(23)21-16-9-7-15(20)8-10-16/h4-11,14H,12H2,1-3H3,(H,21,23)/t14-/m1/s1. The van der Waals surface area contributed by atoms with Crippen molar-refractivity contribution in [1.29, 1.82) is 0 Å². The van der Waals surface area contributed by atoms with Gasteiger partial charge in [0.25, 0.3) is 5.91 Å². The monoisotopic (exact) mass is 344 g/mol. The zero-order valence-electron chi connectivity index (χ0n) is 14.5. The predicted octanol–water partition coefficient (Wildman–Crippen LogP) is 3.00. The zero-order chi connectivity index (χ0) is 18.4. The van der Waals surface area contributed by atoms with E-state index < -0.39 is 6.10 Å². The number of nitrogens with zero attached hydrogens (tertiary/aromatic N) is 1. The maximum Gasteiger partial charge on any atom is 0.263 e. The van der Waals surface area contributed by atoms with Crippen LogP contribution in [0.2, 0.25) is 0 Å². The molecule has 2 aromatic carbocycles. The summed E-state index contributed by atoms with van der Waals surface area (Å²) in [6.45, 7) is 3.45. The Morgan fingerprint density at radius 2 is 1.88 bits per heavy atom. The Balaban J connectivity index is 1.88. The number of carbonyl (C=O) groups excluding carboxylic acids is 2. The van der Waals surface area contributed by atoms with Crippen LogP contribution >= 0.6 is 0 Å². The molecule has 2 aromatic rings. The zero-order valence-corrected chi connectivity index (χ0v) is 14.5. The lowest BCUT2D eigenvalue weighted by Gasteiger charge is -2.22. The maximum absolute atomic E-state index is 12.9. The van der Waals surface area contributed by atoms with Crippen LogP contribution in [0.3, 0.4) is 0 Å². The van der Waals surface area contributed by atoms with Crippen LogP contribution in [0, 0.1) is 12.7 Å². The molecular weight excluding hydrogens is 323 g/mol. The molecule has 25 heavy (non-hydrogen) atoms. The molecule has 0 radical (unpaired) electrons. The average molecular weight is 344 g/mol. The van der Waals surface area contributed by atoms with Crippen molar-refractivity contribution in [1.82, 2.24) is 4.90 Å². The summed E-state index contributed by atoms with van der Waals surface area (Å²) in [7, 11) is 1.53. The van der Waals surface area contributed by atoms with E-state index in [9.17, 15) is 14.0 Å². The van der Waals surface area contributed by atoms with Crippen LogP contribution in [0.15, 0.2) is 48.5 Å². The summed E-state index contributed by atoms with van der Waals surface area (Å²) in [5.41, 5.74) is 1.50. The van der Waals surface area contributed by atoms with Gasteiger partial charge in [0.1, 0.15) is 11.6 Å². The summed E-state index contributed by atoms with van der Waals surface area (Å²) in [5.74, 6) is -0.460. The lowest BCUT2D eigenvalue weighted by atomic mass is 10.2. The van der Waals surface area contributed by atoms with Crippen molar-refractivity contribution >= 4 is 17.5 Å². The molecule has 0 aliphatic heterocycles. The highest BCUT2D eigenvalue weighted by Crippen LogP contribution is 2.15. The van der Waals surface area contributed by atoms with E-state index in [1.54, 1.807) is 13.0 Å².